The fourth-order valence-corrected chi connectivity index (χ4v) is 5.55. The van der Waals surface area contributed by atoms with Gasteiger partial charge in [0.1, 0.15) is 5.75 Å². The van der Waals surface area contributed by atoms with Crippen LogP contribution >= 0.6 is 22.9 Å². The van der Waals surface area contributed by atoms with E-state index in [0.29, 0.717) is 40.6 Å². The van der Waals surface area contributed by atoms with E-state index in [-0.39, 0.29) is 5.91 Å². The van der Waals surface area contributed by atoms with Crippen LogP contribution in [0.5, 0.6) is 10.9 Å². The smallest absolute Gasteiger partial charge is 0.279 e. The SMILES string of the molecule is CCn1cnc2c1C(=O)NC(C)(Nc1ccc(Oc3nc4ccccc4s3)cc1)N2Cc1ccc(Cl)cc1. The van der Waals surface area contributed by atoms with Crippen LogP contribution in [0.1, 0.15) is 29.9 Å². The number of imidazole rings is 1. The minimum atomic E-state index is -0.952. The van der Waals surface area contributed by atoms with Crippen molar-refractivity contribution in [1.29, 1.82) is 0 Å². The molecule has 3 heterocycles. The summed E-state index contributed by atoms with van der Waals surface area (Å²) in [5, 5.41) is 7.92. The second-order valence-corrected chi connectivity index (χ2v) is 10.6. The molecule has 1 aliphatic heterocycles. The van der Waals surface area contributed by atoms with E-state index in [4.69, 9.17) is 16.3 Å². The highest BCUT2D eigenvalue weighted by molar-refractivity contribution is 7.20. The number of anilines is 2. The van der Waals surface area contributed by atoms with Crippen LogP contribution in [0.4, 0.5) is 11.5 Å². The number of ether oxygens (including phenoxy) is 1. The van der Waals surface area contributed by atoms with Gasteiger partial charge in [-0.25, -0.2) is 9.97 Å². The maximum absolute atomic E-state index is 13.2. The molecule has 1 amide bonds. The first-order chi connectivity index (χ1) is 18.4. The minimum Gasteiger partial charge on any atom is -0.431 e. The molecule has 1 aliphatic rings. The summed E-state index contributed by atoms with van der Waals surface area (Å²) in [6, 6.07) is 23.2. The van der Waals surface area contributed by atoms with Gasteiger partial charge in [-0.2, -0.15) is 0 Å². The molecular formula is C28H25ClN6O2S. The Bertz CT molecular complexity index is 1580. The molecule has 8 nitrogen and oxygen atoms in total. The lowest BCUT2D eigenvalue weighted by molar-refractivity contribution is 0.0890. The van der Waals surface area contributed by atoms with E-state index in [2.05, 4.69) is 25.5 Å². The summed E-state index contributed by atoms with van der Waals surface area (Å²) < 4.78 is 8.93. The summed E-state index contributed by atoms with van der Waals surface area (Å²) in [7, 11) is 0. The highest BCUT2D eigenvalue weighted by atomic mass is 35.5. The van der Waals surface area contributed by atoms with Gasteiger partial charge in [0.15, 0.2) is 17.3 Å². The van der Waals surface area contributed by atoms with Crippen molar-refractivity contribution in [2.45, 2.75) is 32.7 Å². The van der Waals surface area contributed by atoms with Crippen LogP contribution in [0, 0.1) is 0 Å². The van der Waals surface area contributed by atoms with E-state index < -0.39 is 5.79 Å². The molecule has 0 saturated heterocycles. The molecule has 0 radical (unpaired) electrons. The third kappa shape index (κ3) is 4.55. The molecule has 0 bridgehead atoms. The number of fused-ring (bicyclic) bond motifs is 2. The quantitative estimate of drug-likeness (QED) is 0.243. The van der Waals surface area contributed by atoms with Crippen LogP contribution in [0.3, 0.4) is 0 Å². The van der Waals surface area contributed by atoms with Crippen LogP contribution in [0.25, 0.3) is 10.2 Å². The lowest BCUT2D eigenvalue weighted by atomic mass is 10.1. The molecule has 0 saturated carbocycles. The maximum Gasteiger partial charge on any atom is 0.279 e. The number of thiazole rings is 1. The summed E-state index contributed by atoms with van der Waals surface area (Å²) in [5.41, 5.74) is 3.30. The molecule has 6 rings (SSSR count). The summed E-state index contributed by atoms with van der Waals surface area (Å²) in [6.45, 7) is 5.07. The minimum absolute atomic E-state index is 0.183. The number of carbonyl (C=O) groups is 1. The Morgan fingerprint density at radius 2 is 1.84 bits per heavy atom. The van der Waals surface area contributed by atoms with Crippen LogP contribution in [-0.4, -0.2) is 26.2 Å². The van der Waals surface area contributed by atoms with Gasteiger partial charge in [0, 0.05) is 23.8 Å². The van der Waals surface area contributed by atoms with Gasteiger partial charge in [0.2, 0.25) is 0 Å². The van der Waals surface area contributed by atoms with Gasteiger partial charge in [-0.1, -0.05) is 47.2 Å². The number of nitrogens with one attached hydrogen (secondary N) is 2. The predicted octanol–water partition coefficient (Wildman–Crippen LogP) is 6.49. The Morgan fingerprint density at radius 3 is 2.58 bits per heavy atom. The molecule has 38 heavy (non-hydrogen) atoms. The Kier molecular flexibility index (Phi) is 6.17. The number of amides is 1. The standard InChI is InChI=1S/C28H25ClN6O2S/c1-3-34-17-30-25-24(34)26(36)33-28(2,35(25)16-18-8-10-19(29)11-9-18)32-20-12-14-21(15-13-20)37-27-31-22-6-4-5-7-23(22)38-27/h4-15,17,32H,3,16H2,1-2H3,(H,33,36). The second kappa shape index (κ2) is 9.66. The Labute approximate surface area is 228 Å². The van der Waals surface area contributed by atoms with Crippen molar-refractivity contribution >= 4 is 50.6 Å². The van der Waals surface area contributed by atoms with Crippen LogP contribution in [-0.2, 0) is 13.1 Å². The van der Waals surface area contributed by atoms with Gasteiger partial charge >= 0.3 is 0 Å². The molecule has 1 unspecified atom stereocenters. The number of hydrogen-bond acceptors (Lipinski definition) is 7. The van der Waals surface area contributed by atoms with Crippen molar-refractivity contribution in [2.75, 3.05) is 10.2 Å². The fourth-order valence-electron chi connectivity index (χ4n) is 4.59. The lowest BCUT2D eigenvalue weighted by Crippen LogP contribution is -2.66. The monoisotopic (exact) mass is 544 g/mol. The summed E-state index contributed by atoms with van der Waals surface area (Å²) in [5.74, 6) is 0.162. The van der Waals surface area contributed by atoms with Gasteiger partial charge in [-0.05, 0) is 67.9 Å². The summed E-state index contributed by atoms with van der Waals surface area (Å²) in [6.07, 6.45) is 1.71. The first-order valence-electron chi connectivity index (χ1n) is 12.2. The number of hydrogen-bond donors (Lipinski definition) is 2. The Balaban J connectivity index is 1.27. The summed E-state index contributed by atoms with van der Waals surface area (Å²) >= 11 is 7.62. The first-order valence-corrected chi connectivity index (χ1v) is 13.4. The van der Waals surface area contributed by atoms with Gasteiger partial charge in [-0.3, -0.25) is 4.79 Å². The molecule has 3 aromatic carbocycles. The molecular weight excluding hydrogens is 520 g/mol. The van der Waals surface area contributed by atoms with Gasteiger partial charge in [0.05, 0.1) is 16.5 Å². The van der Waals surface area contributed by atoms with Crippen LogP contribution in [0.15, 0.2) is 79.1 Å². The summed E-state index contributed by atoms with van der Waals surface area (Å²) in [4.78, 5) is 24.4. The van der Waals surface area contributed by atoms with E-state index >= 15 is 0 Å². The molecule has 0 fully saturated rings. The van der Waals surface area contributed by atoms with Crippen molar-refractivity contribution in [2.24, 2.45) is 0 Å². The predicted molar refractivity (Wildman–Crippen MR) is 151 cm³/mol. The number of carbonyl (C=O) groups excluding carboxylic acids is 1. The second-order valence-electron chi connectivity index (χ2n) is 9.14. The number of rotatable bonds is 7. The number of halogens is 1. The molecule has 10 heteroatoms. The highest BCUT2D eigenvalue weighted by Gasteiger charge is 2.43. The van der Waals surface area contributed by atoms with Crippen LogP contribution in [0.2, 0.25) is 5.02 Å². The third-order valence-electron chi connectivity index (χ3n) is 6.50. The van der Waals surface area contributed by atoms with Crippen molar-refractivity contribution < 1.29 is 9.53 Å². The normalized spacial score (nSPS) is 16.8. The van der Waals surface area contributed by atoms with E-state index in [0.717, 1.165) is 21.5 Å². The van der Waals surface area contributed by atoms with Crippen molar-refractivity contribution in [1.82, 2.24) is 19.9 Å². The van der Waals surface area contributed by atoms with Crippen molar-refractivity contribution in [3.63, 3.8) is 0 Å². The Hall–Kier alpha value is -4.08. The zero-order valence-corrected chi connectivity index (χ0v) is 22.4. The molecule has 1 atom stereocenters. The molecule has 2 aromatic heterocycles. The van der Waals surface area contributed by atoms with Crippen molar-refractivity contribution in [3.8, 4) is 10.9 Å². The molecule has 2 N–H and O–H groups in total. The van der Waals surface area contributed by atoms with Gasteiger partial charge in [0.25, 0.3) is 11.1 Å². The largest absolute Gasteiger partial charge is 0.431 e. The zero-order valence-electron chi connectivity index (χ0n) is 20.8. The maximum atomic E-state index is 13.2. The highest BCUT2D eigenvalue weighted by Crippen LogP contribution is 2.35. The first kappa shape index (κ1) is 24.3. The molecule has 0 spiro atoms. The zero-order chi connectivity index (χ0) is 26.3. The number of para-hydroxylation sites is 1. The van der Waals surface area contributed by atoms with Gasteiger partial charge < -0.3 is 24.8 Å². The number of aryl methyl sites for hydroxylation is 1. The van der Waals surface area contributed by atoms with E-state index in [1.54, 1.807) is 6.33 Å². The van der Waals surface area contributed by atoms with Crippen molar-refractivity contribution in [3.05, 3.63) is 95.4 Å². The van der Waals surface area contributed by atoms with E-state index in [1.807, 2.05) is 91.2 Å². The fraction of sp³-hybridized carbons (Fsp3) is 0.179. The lowest BCUT2D eigenvalue weighted by Gasteiger charge is -2.46. The number of benzene rings is 3. The average molecular weight is 545 g/mol. The molecule has 0 aliphatic carbocycles. The topological polar surface area (TPSA) is 84.3 Å². The average Bonchev–Trinajstić information content (AvgIpc) is 3.52. The molecule has 192 valence electrons. The van der Waals surface area contributed by atoms with Crippen LogP contribution < -0.4 is 20.3 Å². The third-order valence-corrected chi connectivity index (χ3v) is 7.67. The Morgan fingerprint density at radius 1 is 1.08 bits per heavy atom. The number of aromatic nitrogens is 3. The number of nitrogens with zero attached hydrogens (tertiary/aromatic N) is 4. The molecule has 5 aromatic rings. The van der Waals surface area contributed by atoms with E-state index in [9.17, 15) is 4.79 Å². The van der Waals surface area contributed by atoms with E-state index in [1.165, 1.54) is 11.3 Å². The van der Waals surface area contributed by atoms with Gasteiger partial charge in [-0.15, -0.1) is 0 Å².